The summed E-state index contributed by atoms with van der Waals surface area (Å²) in [6, 6.07) is 11.5. The lowest BCUT2D eigenvalue weighted by Crippen LogP contribution is -2.37. The molecular weight excluding hydrogens is 256 g/mol. The number of benzene rings is 1. The van der Waals surface area contributed by atoms with Crippen LogP contribution >= 0.6 is 0 Å². The fourth-order valence-corrected chi connectivity index (χ4v) is 3.61. The van der Waals surface area contributed by atoms with Crippen LogP contribution in [0.5, 0.6) is 0 Å². The van der Waals surface area contributed by atoms with Crippen molar-refractivity contribution in [1.29, 1.82) is 0 Å². The van der Waals surface area contributed by atoms with Crippen molar-refractivity contribution in [3.05, 3.63) is 35.9 Å². The zero-order chi connectivity index (χ0) is 14.9. The molecule has 0 amide bonds. The maximum atomic E-state index is 3.76. The number of hydrogen-bond acceptors (Lipinski definition) is 2. The predicted octanol–water partition coefficient (Wildman–Crippen LogP) is 4.24. The topological polar surface area (TPSA) is 15.3 Å². The molecule has 118 valence electrons. The van der Waals surface area contributed by atoms with Crippen LogP contribution in [0.1, 0.15) is 57.6 Å². The van der Waals surface area contributed by atoms with Crippen molar-refractivity contribution in [2.75, 3.05) is 26.2 Å². The Labute approximate surface area is 130 Å². The number of nitrogens with zero attached hydrogens (tertiary/aromatic N) is 1. The lowest BCUT2D eigenvalue weighted by molar-refractivity contribution is 0.208. The first-order chi connectivity index (χ1) is 10.3. The van der Waals surface area contributed by atoms with Gasteiger partial charge in [0.1, 0.15) is 0 Å². The van der Waals surface area contributed by atoms with Crippen LogP contribution in [0, 0.1) is 5.92 Å². The average molecular weight is 288 g/mol. The molecule has 0 aromatic heterocycles. The Balaban J connectivity index is 1.89. The van der Waals surface area contributed by atoms with Crippen molar-refractivity contribution in [2.45, 2.75) is 52.0 Å². The molecule has 1 aromatic carbocycles. The molecule has 1 aliphatic carbocycles. The van der Waals surface area contributed by atoms with Crippen LogP contribution < -0.4 is 5.32 Å². The Morgan fingerprint density at radius 1 is 1.05 bits per heavy atom. The molecule has 1 atom stereocenters. The van der Waals surface area contributed by atoms with Crippen LogP contribution in [0.25, 0.3) is 0 Å². The van der Waals surface area contributed by atoms with E-state index in [9.17, 15) is 0 Å². The lowest BCUT2D eigenvalue weighted by atomic mass is 9.89. The van der Waals surface area contributed by atoms with Crippen LogP contribution in [-0.4, -0.2) is 31.1 Å². The van der Waals surface area contributed by atoms with Gasteiger partial charge in [-0.3, -0.25) is 4.90 Å². The largest absolute Gasteiger partial charge is 0.315 e. The molecule has 0 radical (unpaired) electrons. The predicted molar refractivity (Wildman–Crippen MR) is 91.5 cm³/mol. The first kappa shape index (κ1) is 16.5. The third-order valence-corrected chi connectivity index (χ3v) is 4.93. The van der Waals surface area contributed by atoms with Crippen molar-refractivity contribution >= 4 is 0 Å². The maximum absolute atomic E-state index is 3.76. The van der Waals surface area contributed by atoms with E-state index in [0.717, 1.165) is 25.6 Å². The molecule has 0 spiro atoms. The highest BCUT2D eigenvalue weighted by atomic mass is 15.2. The molecule has 1 aromatic rings. The molecule has 2 heteroatoms. The molecular formula is C19H32N2. The van der Waals surface area contributed by atoms with Gasteiger partial charge in [-0.1, -0.05) is 63.4 Å². The zero-order valence-electron chi connectivity index (χ0n) is 13.9. The Morgan fingerprint density at radius 2 is 1.71 bits per heavy atom. The summed E-state index contributed by atoms with van der Waals surface area (Å²) >= 11 is 0. The summed E-state index contributed by atoms with van der Waals surface area (Å²) in [6.07, 6.45) is 7.17. The molecule has 2 rings (SSSR count). The van der Waals surface area contributed by atoms with Crippen molar-refractivity contribution < 1.29 is 0 Å². The second-order valence-corrected chi connectivity index (χ2v) is 6.31. The SMILES string of the molecule is CCN(CC)C(CNCC1CCCCC1)c1ccccc1. The summed E-state index contributed by atoms with van der Waals surface area (Å²) in [5.74, 6) is 0.909. The highest BCUT2D eigenvalue weighted by molar-refractivity contribution is 5.19. The summed E-state index contributed by atoms with van der Waals surface area (Å²) in [5, 5.41) is 3.76. The van der Waals surface area contributed by atoms with Crippen LogP contribution in [-0.2, 0) is 0 Å². The zero-order valence-corrected chi connectivity index (χ0v) is 13.9. The summed E-state index contributed by atoms with van der Waals surface area (Å²) in [5.41, 5.74) is 1.44. The Morgan fingerprint density at radius 3 is 2.33 bits per heavy atom. The standard InChI is InChI=1S/C19H32N2/c1-3-21(4-2)19(18-13-9-6-10-14-18)16-20-15-17-11-7-5-8-12-17/h6,9-10,13-14,17,19-20H,3-5,7-8,11-12,15-16H2,1-2H3. The van der Waals surface area contributed by atoms with E-state index >= 15 is 0 Å². The summed E-state index contributed by atoms with van der Waals surface area (Å²) in [7, 11) is 0. The van der Waals surface area contributed by atoms with E-state index < -0.39 is 0 Å². The van der Waals surface area contributed by atoms with Gasteiger partial charge in [0.2, 0.25) is 0 Å². The van der Waals surface area contributed by atoms with Crippen molar-refractivity contribution in [3.8, 4) is 0 Å². The quantitative estimate of drug-likeness (QED) is 0.769. The first-order valence-corrected chi connectivity index (χ1v) is 8.84. The minimum Gasteiger partial charge on any atom is -0.315 e. The van der Waals surface area contributed by atoms with Crippen LogP contribution in [0.3, 0.4) is 0 Å². The highest BCUT2D eigenvalue weighted by Crippen LogP contribution is 2.24. The van der Waals surface area contributed by atoms with Gasteiger partial charge in [0.15, 0.2) is 0 Å². The van der Waals surface area contributed by atoms with Crippen molar-refractivity contribution in [1.82, 2.24) is 10.2 Å². The first-order valence-electron chi connectivity index (χ1n) is 8.84. The monoisotopic (exact) mass is 288 g/mol. The smallest absolute Gasteiger partial charge is 0.0472 e. The van der Waals surface area contributed by atoms with E-state index in [-0.39, 0.29) is 0 Å². The molecule has 21 heavy (non-hydrogen) atoms. The minimum atomic E-state index is 0.504. The second kappa shape index (κ2) is 9.22. The van der Waals surface area contributed by atoms with E-state index in [0.29, 0.717) is 6.04 Å². The molecule has 0 heterocycles. The molecule has 1 fully saturated rings. The molecule has 1 saturated carbocycles. The van der Waals surface area contributed by atoms with Gasteiger partial charge in [-0.25, -0.2) is 0 Å². The minimum absolute atomic E-state index is 0.504. The van der Waals surface area contributed by atoms with Gasteiger partial charge < -0.3 is 5.32 Å². The second-order valence-electron chi connectivity index (χ2n) is 6.31. The van der Waals surface area contributed by atoms with E-state index in [1.165, 1.54) is 44.2 Å². The van der Waals surface area contributed by atoms with Gasteiger partial charge in [-0.05, 0) is 44.0 Å². The molecule has 0 bridgehead atoms. The third kappa shape index (κ3) is 5.12. The molecule has 1 aliphatic rings. The van der Waals surface area contributed by atoms with Gasteiger partial charge in [0.25, 0.3) is 0 Å². The molecule has 0 aliphatic heterocycles. The van der Waals surface area contributed by atoms with Gasteiger partial charge in [0.05, 0.1) is 0 Å². The summed E-state index contributed by atoms with van der Waals surface area (Å²) in [4.78, 5) is 2.56. The van der Waals surface area contributed by atoms with Gasteiger partial charge >= 0.3 is 0 Å². The van der Waals surface area contributed by atoms with E-state index in [1.807, 2.05) is 0 Å². The lowest BCUT2D eigenvalue weighted by Gasteiger charge is -2.31. The van der Waals surface area contributed by atoms with Crippen molar-refractivity contribution in [2.24, 2.45) is 5.92 Å². The molecule has 1 unspecified atom stereocenters. The Kier molecular flexibility index (Phi) is 7.25. The number of hydrogen-bond donors (Lipinski definition) is 1. The van der Waals surface area contributed by atoms with E-state index in [1.54, 1.807) is 0 Å². The van der Waals surface area contributed by atoms with E-state index in [4.69, 9.17) is 0 Å². The van der Waals surface area contributed by atoms with Gasteiger partial charge in [-0.2, -0.15) is 0 Å². The normalized spacial score (nSPS) is 18.0. The number of nitrogens with one attached hydrogen (secondary N) is 1. The van der Waals surface area contributed by atoms with Crippen LogP contribution in [0.4, 0.5) is 0 Å². The third-order valence-electron chi connectivity index (χ3n) is 4.93. The highest BCUT2D eigenvalue weighted by Gasteiger charge is 2.18. The molecule has 2 nitrogen and oxygen atoms in total. The number of likely N-dealkylation sites (N-methyl/N-ethyl adjacent to an activating group) is 1. The summed E-state index contributed by atoms with van der Waals surface area (Å²) in [6.45, 7) is 9.02. The van der Waals surface area contributed by atoms with Gasteiger partial charge in [0, 0.05) is 12.6 Å². The Bertz CT molecular complexity index is 366. The number of rotatable bonds is 8. The van der Waals surface area contributed by atoms with Crippen molar-refractivity contribution in [3.63, 3.8) is 0 Å². The Hall–Kier alpha value is -0.860. The fraction of sp³-hybridized carbons (Fsp3) is 0.684. The average Bonchev–Trinajstić information content (AvgIpc) is 2.56. The molecule has 0 saturated heterocycles. The maximum Gasteiger partial charge on any atom is 0.0472 e. The molecule has 1 N–H and O–H groups in total. The fourth-order valence-electron chi connectivity index (χ4n) is 3.61. The van der Waals surface area contributed by atoms with Gasteiger partial charge in [-0.15, -0.1) is 0 Å². The van der Waals surface area contributed by atoms with E-state index in [2.05, 4.69) is 54.4 Å². The van der Waals surface area contributed by atoms with Crippen LogP contribution in [0.15, 0.2) is 30.3 Å². The van der Waals surface area contributed by atoms with Crippen LogP contribution in [0.2, 0.25) is 0 Å². The summed E-state index contributed by atoms with van der Waals surface area (Å²) < 4.78 is 0.